The van der Waals surface area contributed by atoms with Crippen LogP contribution in [0.2, 0.25) is 0 Å². The van der Waals surface area contributed by atoms with Gasteiger partial charge in [-0.25, -0.2) is 4.79 Å². The topological polar surface area (TPSA) is 164 Å². The molecule has 0 radical (unpaired) electrons. The average Bonchev–Trinajstić information content (AvgIpc) is 2.99. The number of unbranched alkanes of at least 4 members (excludes halogenated alkanes) is 1. The standard InChI is InChI=1S/C34H40N4O6S/c1-6-43-32(42)23-15-22(16-25(17-23)38-33(35)36)31(41)37-24-9-11-26(12-10-24)45-14-8-7-13-34(5)18-27(39)28-21(4)29(40)19(2)20(3)30(28)44-34/h9-12,15-17,40H,6-8,13-14,18H2,1-5H3,(H,37,41)(H4,35,36,38). The number of phenols is 1. The maximum Gasteiger partial charge on any atom is 0.338 e. The Labute approximate surface area is 267 Å². The number of anilines is 2. The van der Waals surface area contributed by atoms with E-state index in [-0.39, 0.29) is 41.6 Å². The van der Waals surface area contributed by atoms with Crippen LogP contribution in [0.3, 0.4) is 0 Å². The van der Waals surface area contributed by atoms with Crippen molar-refractivity contribution in [3.05, 3.63) is 75.8 Å². The first-order valence-electron chi connectivity index (χ1n) is 14.8. The van der Waals surface area contributed by atoms with E-state index >= 15 is 0 Å². The predicted molar refractivity (Wildman–Crippen MR) is 177 cm³/mol. The van der Waals surface area contributed by atoms with Crippen molar-refractivity contribution < 1.29 is 29.0 Å². The Morgan fingerprint density at radius 1 is 1.02 bits per heavy atom. The number of nitrogens with one attached hydrogen (secondary N) is 3. The first kappa shape index (κ1) is 33.4. The van der Waals surface area contributed by atoms with Crippen LogP contribution in [0, 0.1) is 26.2 Å². The molecule has 11 heteroatoms. The lowest BCUT2D eigenvalue weighted by Gasteiger charge is -2.37. The summed E-state index contributed by atoms with van der Waals surface area (Å²) < 4.78 is 11.5. The van der Waals surface area contributed by atoms with Crippen molar-refractivity contribution in [1.29, 1.82) is 5.41 Å². The zero-order valence-electron chi connectivity index (χ0n) is 26.3. The monoisotopic (exact) mass is 632 g/mol. The second kappa shape index (κ2) is 14.1. The summed E-state index contributed by atoms with van der Waals surface area (Å²) in [5.74, 6) is 0.321. The van der Waals surface area contributed by atoms with Gasteiger partial charge in [0.25, 0.3) is 5.91 Å². The highest BCUT2D eigenvalue weighted by molar-refractivity contribution is 7.99. The fourth-order valence-electron chi connectivity index (χ4n) is 5.37. The molecule has 238 valence electrons. The molecule has 1 unspecified atom stereocenters. The number of Topliss-reactive ketones (excluding diaryl/α,β-unsaturated/α-hetero) is 1. The number of carbonyl (C=O) groups is 3. The quantitative estimate of drug-likeness (QED) is 0.0506. The van der Waals surface area contributed by atoms with Crippen molar-refractivity contribution >= 4 is 46.8 Å². The molecule has 0 saturated heterocycles. The van der Waals surface area contributed by atoms with E-state index in [2.05, 4.69) is 10.6 Å². The molecule has 10 nitrogen and oxygen atoms in total. The van der Waals surface area contributed by atoms with Crippen LogP contribution in [0.4, 0.5) is 11.4 Å². The summed E-state index contributed by atoms with van der Waals surface area (Å²) in [4.78, 5) is 39.4. The van der Waals surface area contributed by atoms with Gasteiger partial charge in [-0.05, 0) is 113 Å². The lowest BCUT2D eigenvalue weighted by molar-refractivity contribution is 0.0446. The Morgan fingerprint density at radius 2 is 1.71 bits per heavy atom. The molecule has 1 heterocycles. The first-order valence-corrected chi connectivity index (χ1v) is 15.8. The van der Waals surface area contributed by atoms with Gasteiger partial charge in [-0.1, -0.05) is 0 Å². The third kappa shape index (κ3) is 7.96. The second-order valence-corrected chi connectivity index (χ2v) is 12.6. The molecule has 45 heavy (non-hydrogen) atoms. The number of ether oxygens (including phenoxy) is 2. The molecule has 3 aromatic carbocycles. The van der Waals surface area contributed by atoms with Crippen molar-refractivity contribution in [3.63, 3.8) is 0 Å². The zero-order valence-corrected chi connectivity index (χ0v) is 27.1. The number of benzene rings is 3. The minimum absolute atomic E-state index is 0.0103. The maximum atomic E-state index is 13.1. The molecule has 0 fully saturated rings. The minimum atomic E-state index is -0.589. The van der Waals surface area contributed by atoms with Gasteiger partial charge in [0.2, 0.25) is 0 Å². The molecule has 0 aromatic heterocycles. The van der Waals surface area contributed by atoms with Gasteiger partial charge in [0.15, 0.2) is 11.7 Å². The van der Waals surface area contributed by atoms with Gasteiger partial charge in [0.05, 0.1) is 24.2 Å². The van der Waals surface area contributed by atoms with Crippen molar-refractivity contribution in [1.82, 2.24) is 0 Å². The number of thioether (sulfide) groups is 1. The number of amides is 1. The van der Waals surface area contributed by atoms with Gasteiger partial charge in [0.1, 0.15) is 17.1 Å². The summed E-state index contributed by atoms with van der Waals surface area (Å²) in [7, 11) is 0. The van der Waals surface area contributed by atoms with Crippen LogP contribution >= 0.6 is 11.8 Å². The van der Waals surface area contributed by atoms with Gasteiger partial charge in [-0.15, -0.1) is 11.8 Å². The average molecular weight is 633 g/mol. The first-order chi connectivity index (χ1) is 21.3. The molecule has 0 spiro atoms. The third-order valence-corrected chi connectivity index (χ3v) is 8.94. The molecule has 0 aliphatic carbocycles. The summed E-state index contributed by atoms with van der Waals surface area (Å²) in [6.07, 6.45) is 2.85. The van der Waals surface area contributed by atoms with Crippen LogP contribution in [0.5, 0.6) is 11.5 Å². The third-order valence-electron chi connectivity index (χ3n) is 7.84. The molecule has 4 rings (SSSR count). The Balaban J connectivity index is 1.30. The highest BCUT2D eigenvalue weighted by atomic mass is 32.2. The number of aromatic hydroxyl groups is 1. The number of carbonyl (C=O) groups excluding carboxylic acids is 3. The molecule has 1 aliphatic rings. The minimum Gasteiger partial charge on any atom is -0.507 e. The molecule has 6 N–H and O–H groups in total. The number of rotatable bonds is 11. The Bertz CT molecular complexity index is 1640. The van der Waals surface area contributed by atoms with Gasteiger partial charge in [-0.2, -0.15) is 0 Å². The number of guanidine groups is 1. The van der Waals surface area contributed by atoms with E-state index in [9.17, 15) is 19.5 Å². The van der Waals surface area contributed by atoms with E-state index in [1.807, 2.05) is 45.0 Å². The van der Waals surface area contributed by atoms with Crippen molar-refractivity contribution in [2.45, 2.75) is 70.8 Å². The van der Waals surface area contributed by atoms with E-state index in [1.165, 1.54) is 18.2 Å². The number of ketones is 1. The summed E-state index contributed by atoms with van der Waals surface area (Å²) in [5.41, 5.74) is 8.77. The van der Waals surface area contributed by atoms with Crippen LogP contribution in [0.1, 0.15) is 87.3 Å². The number of hydrogen-bond donors (Lipinski definition) is 5. The molecular formula is C34H40N4O6S. The van der Waals surface area contributed by atoms with Gasteiger partial charge in [-0.3, -0.25) is 15.0 Å². The summed E-state index contributed by atoms with van der Waals surface area (Å²) in [5, 5.41) is 23.3. The van der Waals surface area contributed by atoms with Gasteiger partial charge in [0, 0.05) is 27.4 Å². The fraction of sp³-hybridized carbons (Fsp3) is 0.353. The lowest BCUT2D eigenvalue weighted by atomic mass is 9.84. The van der Waals surface area contributed by atoms with Crippen LogP contribution < -0.4 is 21.1 Å². The summed E-state index contributed by atoms with van der Waals surface area (Å²) in [6.45, 7) is 9.35. The molecule has 0 bridgehead atoms. The van der Waals surface area contributed by atoms with E-state index in [1.54, 1.807) is 25.6 Å². The van der Waals surface area contributed by atoms with E-state index < -0.39 is 17.5 Å². The smallest absolute Gasteiger partial charge is 0.338 e. The second-order valence-electron chi connectivity index (χ2n) is 11.4. The van der Waals surface area contributed by atoms with Gasteiger partial charge >= 0.3 is 5.97 Å². The van der Waals surface area contributed by atoms with Crippen LogP contribution in [0.25, 0.3) is 0 Å². The zero-order chi connectivity index (χ0) is 32.9. The van der Waals surface area contributed by atoms with E-state index in [0.717, 1.165) is 41.0 Å². The van der Waals surface area contributed by atoms with Crippen molar-refractivity contribution in [2.24, 2.45) is 5.73 Å². The molecule has 3 aromatic rings. The lowest BCUT2D eigenvalue weighted by Crippen LogP contribution is -2.40. The number of hydrogen-bond acceptors (Lipinski definition) is 8. The summed E-state index contributed by atoms with van der Waals surface area (Å²) in [6, 6.07) is 11.9. The molecule has 1 atom stereocenters. The molecular weight excluding hydrogens is 592 g/mol. The number of fused-ring (bicyclic) bond motifs is 1. The Morgan fingerprint density at radius 3 is 2.38 bits per heavy atom. The molecule has 1 amide bonds. The Hall–Kier alpha value is -4.51. The van der Waals surface area contributed by atoms with Crippen LogP contribution in [-0.2, 0) is 4.74 Å². The maximum absolute atomic E-state index is 13.1. The molecule has 1 aliphatic heterocycles. The van der Waals surface area contributed by atoms with E-state index in [4.69, 9.17) is 20.6 Å². The van der Waals surface area contributed by atoms with Crippen molar-refractivity contribution in [2.75, 3.05) is 23.0 Å². The SMILES string of the molecule is CCOC(=O)c1cc(NC(=N)N)cc(C(=O)Nc2ccc(SCCCCC3(C)CC(=O)c4c(C)c(O)c(C)c(C)c4O3)cc2)c1. The van der Waals surface area contributed by atoms with Crippen molar-refractivity contribution in [3.8, 4) is 11.5 Å². The van der Waals surface area contributed by atoms with E-state index in [0.29, 0.717) is 28.3 Å². The predicted octanol–water partition coefficient (Wildman–Crippen LogP) is 6.74. The summed E-state index contributed by atoms with van der Waals surface area (Å²) >= 11 is 1.70. The van der Waals surface area contributed by atoms with Gasteiger partial charge < -0.3 is 30.9 Å². The normalized spacial score (nSPS) is 15.5. The van der Waals surface area contributed by atoms with Crippen LogP contribution in [0.15, 0.2) is 47.4 Å². The van der Waals surface area contributed by atoms with Crippen LogP contribution in [-0.4, -0.2) is 46.7 Å². The largest absolute Gasteiger partial charge is 0.507 e. The highest BCUT2D eigenvalue weighted by Crippen LogP contribution is 2.44. The highest BCUT2D eigenvalue weighted by Gasteiger charge is 2.39. The molecule has 0 saturated carbocycles. The Kier molecular flexibility index (Phi) is 10.4. The fourth-order valence-corrected chi connectivity index (χ4v) is 6.28. The number of phenolic OH excluding ortho intramolecular Hbond substituents is 1. The number of esters is 1. The number of nitrogens with two attached hydrogens (primary N) is 1.